The van der Waals surface area contributed by atoms with Gasteiger partial charge < -0.3 is 10.1 Å². The van der Waals surface area contributed by atoms with E-state index in [1.165, 1.54) is 34.9 Å². The maximum Gasteiger partial charge on any atom is 0.0459 e. The van der Waals surface area contributed by atoms with Crippen molar-refractivity contribution in [3.8, 4) is 0 Å². The molecule has 1 heterocycles. The van der Waals surface area contributed by atoms with Gasteiger partial charge in [0.2, 0.25) is 0 Å². The smallest absolute Gasteiger partial charge is 0.0459 e. The van der Waals surface area contributed by atoms with Gasteiger partial charge in [0.15, 0.2) is 0 Å². The fraction of sp³-hybridized carbons (Fsp3) is 0.529. The van der Waals surface area contributed by atoms with Crippen molar-refractivity contribution < 1.29 is 5.11 Å². The van der Waals surface area contributed by atoms with Crippen molar-refractivity contribution in [3.63, 3.8) is 0 Å². The van der Waals surface area contributed by atoms with Crippen LogP contribution < -0.4 is 0 Å². The lowest BCUT2D eigenvalue weighted by atomic mass is 9.62. The molecule has 1 fully saturated rings. The highest BCUT2D eigenvalue weighted by Gasteiger charge is 2.39. The molecule has 2 N–H and O–H groups in total. The number of H-pyrrole nitrogens is 1. The Morgan fingerprint density at radius 3 is 3.05 bits per heavy atom. The van der Waals surface area contributed by atoms with Crippen molar-refractivity contribution in [2.24, 2.45) is 17.8 Å². The number of aromatic nitrogens is 1. The average Bonchev–Trinajstić information content (AvgIpc) is 2.85. The van der Waals surface area contributed by atoms with E-state index in [4.69, 9.17) is 0 Å². The third-order valence-electron chi connectivity index (χ3n) is 5.47. The third kappa shape index (κ3) is 1.59. The second-order valence-electron chi connectivity index (χ2n) is 6.56. The number of aliphatic hydroxyl groups excluding tert-OH is 1. The molecule has 1 saturated carbocycles. The van der Waals surface area contributed by atoms with Crippen molar-refractivity contribution in [1.82, 2.24) is 4.98 Å². The SMILES string of the molecule is CC1C[C@H](CO)C[C@@H]2c3cccc4[nH]cc(c34)C[C@@H]12. The number of hydrogen-bond acceptors (Lipinski definition) is 1. The second kappa shape index (κ2) is 4.11. The number of benzene rings is 1. The summed E-state index contributed by atoms with van der Waals surface area (Å²) in [6.07, 6.45) is 5.76. The average molecular weight is 255 g/mol. The summed E-state index contributed by atoms with van der Waals surface area (Å²) in [7, 11) is 0. The summed E-state index contributed by atoms with van der Waals surface area (Å²) in [5.74, 6) is 2.62. The zero-order valence-corrected chi connectivity index (χ0v) is 11.4. The van der Waals surface area contributed by atoms with Crippen molar-refractivity contribution in [1.29, 1.82) is 0 Å². The number of aromatic amines is 1. The topological polar surface area (TPSA) is 36.0 Å². The lowest BCUT2D eigenvalue weighted by molar-refractivity contribution is 0.108. The van der Waals surface area contributed by atoms with E-state index in [1.54, 1.807) is 0 Å². The van der Waals surface area contributed by atoms with Gasteiger partial charge in [-0.15, -0.1) is 0 Å². The van der Waals surface area contributed by atoms with Gasteiger partial charge in [-0.05, 0) is 60.1 Å². The number of fused-ring (bicyclic) bond motifs is 2. The second-order valence-corrected chi connectivity index (χ2v) is 6.56. The molecule has 2 aliphatic carbocycles. The molecule has 1 unspecified atom stereocenters. The molecular weight excluding hydrogens is 234 g/mol. The maximum absolute atomic E-state index is 9.54. The van der Waals surface area contributed by atoms with E-state index in [2.05, 4.69) is 36.3 Å². The van der Waals surface area contributed by atoms with Crippen LogP contribution in [-0.4, -0.2) is 16.7 Å². The van der Waals surface area contributed by atoms with Crippen LogP contribution in [-0.2, 0) is 6.42 Å². The van der Waals surface area contributed by atoms with E-state index in [1.807, 2.05) is 0 Å². The van der Waals surface area contributed by atoms with Gasteiger partial charge in [0.25, 0.3) is 0 Å². The maximum atomic E-state index is 9.54. The van der Waals surface area contributed by atoms with Crippen LogP contribution in [0, 0.1) is 17.8 Å². The Morgan fingerprint density at radius 2 is 2.21 bits per heavy atom. The van der Waals surface area contributed by atoms with Gasteiger partial charge in [-0.3, -0.25) is 0 Å². The van der Waals surface area contributed by atoms with Gasteiger partial charge >= 0.3 is 0 Å². The number of nitrogens with one attached hydrogen (secondary N) is 1. The van der Waals surface area contributed by atoms with Gasteiger partial charge in [0.1, 0.15) is 0 Å². The zero-order chi connectivity index (χ0) is 13.0. The molecule has 4 atom stereocenters. The molecule has 1 aromatic heterocycles. The summed E-state index contributed by atoms with van der Waals surface area (Å²) in [5.41, 5.74) is 4.31. The molecule has 2 aromatic rings. The Labute approximate surface area is 113 Å². The van der Waals surface area contributed by atoms with E-state index in [0.717, 1.165) is 12.3 Å². The molecule has 0 radical (unpaired) electrons. The lowest BCUT2D eigenvalue weighted by Gasteiger charge is -2.43. The number of rotatable bonds is 1. The molecule has 2 nitrogen and oxygen atoms in total. The van der Waals surface area contributed by atoms with Crippen LogP contribution >= 0.6 is 0 Å². The summed E-state index contributed by atoms with van der Waals surface area (Å²) < 4.78 is 0. The molecule has 2 heteroatoms. The number of hydrogen-bond donors (Lipinski definition) is 2. The first-order chi connectivity index (χ1) is 9.28. The van der Waals surface area contributed by atoms with E-state index >= 15 is 0 Å². The monoisotopic (exact) mass is 255 g/mol. The summed E-state index contributed by atoms with van der Waals surface area (Å²) in [4.78, 5) is 3.42. The Kier molecular flexibility index (Phi) is 2.49. The van der Waals surface area contributed by atoms with Crippen LogP contribution in [0.5, 0.6) is 0 Å². The van der Waals surface area contributed by atoms with Gasteiger partial charge in [0.05, 0.1) is 0 Å². The molecule has 4 rings (SSSR count). The fourth-order valence-electron chi connectivity index (χ4n) is 4.59. The minimum absolute atomic E-state index is 0.351. The quantitative estimate of drug-likeness (QED) is 0.804. The molecule has 0 amide bonds. The minimum Gasteiger partial charge on any atom is -0.396 e. The normalized spacial score (nSPS) is 33.4. The highest BCUT2D eigenvalue weighted by molar-refractivity contribution is 5.88. The van der Waals surface area contributed by atoms with Crippen molar-refractivity contribution in [2.45, 2.75) is 32.1 Å². The number of aliphatic hydroxyl groups is 1. The summed E-state index contributed by atoms with van der Waals surface area (Å²) >= 11 is 0. The van der Waals surface area contributed by atoms with Crippen LogP contribution in [0.4, 0.5) is 0 Å². The standard InChI is InChI=1S/C17H21NO/c1-10-5-11(9-19)6-15-13-3-2-4-16-17(13)12(8-18-16)7-14(10)15/h2-4,8,10-11,14-15,18-19H,5-7,9H2,1H3/t10?,11-,14-,15+/m0/s1. The van der Waals surface area contributed by atoms with Gasteiger partial charge in [-0.25, -0.2) is 0 Å². The molecule has 0 bridgehead atoms. The summed E-state index contributed by atoms with van der Waals surface area (Å²) in [6.45, 7) is 2.72. The van der Waals surface area contributed by atoms with Gasteiger partial charge in [-0.1, -0.05) is 19.1 Å². The lowest BCUT2D eigenvalue weighted by Crippen LogP contribution is -2.34. The van der Waals surface area contributed by atoms with E-state index in [9.17, 15) is 5.11 Å². The first-order valence-corrected chi connectivity index (χ1v) is 7.47. The molecule has 19 heavy (non-hydrogen) atoms. The highest BCUT2D eigenvalue weighted by Crippen LogP contribution is 2.50. The molecule has 0 spiro atoms. The fourth-order valence-corrected chi connectivity index (χ4v) is 4.59. The molecule has 100 valence electrons. The Bertz CT molecular complexity index is 615. The Balaban J connectivity index is 1.86. The van der Waals surface area contributed by atoms with Gasteiger partial charge in [0, 0.05) is 23.7 Å². The summed E-state index contributed by atoms with van der Waals surface area (Å²) in [5, 5.41) is 11.0. The molecule has 0 saturated heterocycles. The largest absolute Gasteiger partial charge is 0.396 e. The van der Waals surface area contributed by atoms with Crippen LogP contribution in [0.3, 0.4) is 0 Å². The highest BCUT2D eigenvalue weighted by atomic mass is 16.3. The molecular formula is C17H21NO. The minimum atomic E-state index is 0.351. The van der Waals surface area contributed by atoms with Crippen molar-refractivity contribution in [3.05, 3.63) is 35.5 Å². The first kappa shape index (κ1) is 11.5. The Morgan fingerprint density at radius 1 is 1.32 bits per heavy atom. The van der Waals surface area contributed by atoms with Crippen LogP contribution in [0.25, 0.3) is 10.9 Å². The molecule has 0 aliphatic heterocycles. The van der Waals surface area contributed by atoms with E-state index < -0.39 is 0 Å². The third-order valence-corrected chi connectivity index (χ3v) is 5.47. The predicted octanol–water partition coefficient (Wildman–Crippen LogP) is 3.46. The van der Waals surface area contributed by atoms with Crippen LogP contribution in [0.15, 0.2) is 24.4 Å². The van der Waals surface area contributed by atoms with Crippen LogP contribution in [0.1, 0.15) is 36.8 Å². The molecule has 1 aromatic carbocycles. The van der Waals surface area contributed by atoms with Gasteiger partial charge in [-0.2, -0.15) is 0 Å². The Hall–Kier alpha value is -1.28. The zero-order valence-electron chi connectivity index (χ0n) is 11.4. The summed E-state index contributed by atoms with van der Waals surface area (Å²) in [6, 6.07) is 6.66. The van der Waals surface area contributed by atoms with E-state index in [-0.39, 0.29) is 0 Å². The predicted molar refractivity (Wildman–Crippen MR) is 77.2 cm³/mol. The van der Waals surface area contributed by atoms with Crippen LogP contribution in [0.2, 0.25) is 0 Å². The van der Waals surface area contributed by atoms with Crippen molar-refractivity contribution >= 4 is 10.9 Å². The molecule has 2 aliphatic rings. The first-order valence-electron chi connectivity index (χ1n) is 7.47. The van der Waals surface area contributed by atoms with Crippen molar-refractivity contribution in [2.75, 3.05) is 6.61 Å². The van der Waals surface area contributed by atoms with E-state index in [0.29, 0.717) is 24.4 Å².